The van der Waals surface area contributed by atoms with Crippen LogP contribution in [0, 0.1) is 0 Å². The Morgan fingerprint density at radius 3 is 2.34 bits per heavy atom. The van der Waals surface area contributed by atoms with Gasteiger partial charge in [0.15, 0.2) is 18.1 Å². The van der Waals surface area contributed by atoms with Crippen molar-refractivity contribution in [1.82, 2.24) is 15.1 Å². The van der Waals surface area contributed by atoms with Gasteiger partial charge in [0.1, 0.15) is 5.75 Å². The Kier molecular flexibility index (Phi) is 10.9. The average molecular weight is 698 g/mol. The van der Waals surface area contributed by atoms with Gasteiger partial charge in [0.05, 0.1) is 23.3 Å². The molecule has 2 aliphatic rings. The molecule has 11 nitrogen and oxygen atoms in total. The van der Waals surface area contributed by atoms with E-state index in [2.05, 4.69) is 5.32 Å². The summed E-state index contributed by atoms with van der Waals surface area (Å²) in [6, 6.07) is 27.3. The molecule has 2 aliphatic heterocycles. The molecule has 6 rings (SSSR count). The Bertz CT molecular complexity index is 1840. The van der Waals surface area contributed by atoms with E-state index in [1.54, 1.807) is 54.6 Å². The summed E-state index contributed by atoms with van der Waals surface area (Å²) in [5.41, 5.74) is 2.36. The molecular weight excluding hydrogens is 662 g/mol. The van der Waals surface area contributed by atoms with Crippen LogP contribution in [0.1, 0.15) is 38.3 Å². The summed E-state index contributed by atoms with van der Waals surface area (Å²) >= 11 is 6.04. The molecule has 0 fully saturated rings. The van der Waals surface area contributed by atoms with Crippen LogP contribution in [0.5, 0.6) is 17.2 Å². The van der Waals surface area contributed by atoms with Crippen LogP contribution in [0.15, 0.2) is 97.1 Å². The molecule has 4 amide bonds. The van der Waals surface area contributed by atoms with Crippen molar-refractivity contribution >= 4 is 35.2 Å². The number of carbonyl (C=O) groups excluding carboxylic acids is 4. The number of halogens is 1. The molecule has 0 radical (unpaired) electrons. The first-order valence-electron chi connectivity index (χ1n) is 16.3. The lowest BCUT2D eigenvalue weighted by atomic mass is 10.00. The molecule has 258 valence electrons. The van der Waals surface area contributed by atoms with Gasteiger partial charge in [-0.2, -0.15) is 0 Å². The summed E-state index contributed by atoms with van der Waals surface area (Å²) in [6.45, 7) is -0.218. The van der Waals surface area contributed by atoms with Crippen LogP contribution < -0.4 is 19.5 Å². The van der Waals surface area contributed by atoms with Crippen molar-refractivity contribution in [2.75, 3.05) is 33.0 Å². The third kappa shape index (κ3) is 8.42. The van der Waals surface area contributed by atoms with Crippen molar-refractivity contribution in [2.24, 2.45) is 0 Å². The highest BCUT2D eigenvalue weighted by molar-refractivity contribution is 6.30. The molecule has 0 aromatic heterocycles. The van der Waals surface area contributed by atoms with Crippen molar-refractivity contribution in [3.8, 4) is 17.2 Å². The number of fused-ring (bicyclic) bond motifs is 2. The molecule has 0 unspecified atom stereocenters. The zero-order chi connectivity index (χ0) is 35.0. The fourth-order valence-electron chi connectivity index (χ4n) is 5.94. The highest BCUT2D eigenvalue weighted by Crippen LogP contribution is 2.32. The van der Waals surface area contributed by atoms with E-state index in [1.807, 2.05) is 42.5 Å². The quantitative estimate of drug-likeness (QED) is 0.176. The summed E-state index contributed by atoms with van der Waals surface area (Å²) in [5, 5.41) is 15.0. The number of carbonyl (C=O) groups is 4. The van der Waals surface area contributed by atoms with Crippen LogP contribution in [0.2, 0.25) is 5.02 Å². The molecule has 2 heterocycles. The number of benzene rings is 4. The van der Waals surface area contributed by atoms with Crippen LogP contribution in [0.3, 0.4) is 0 Å². The molecule has 4 aromatic rings. The second-order valence-corrected chi connectivity index (χ2v) is 12.4. The number of amides is 4. The van der Waals surface area contributed by atoms with E-state index in [0.29, 0.717) is 39.8 Å². The lowest BCUT2D eigenvalue weighted by molar-refractivity contribution is -0.133. The smallest absolute Gasteiger partial charge is 0.261 e. The normalized spacial score (nSPS) is 14.2. The number of rotatable bonds is 15. The molecule has 0 bridgehead atoms. The molecule has 4 aromatic carbocycles. The predicted molar refractivity (Wildman–Crippen MR) is 184 cm³/mol. The topological polar surface area (TPSA) is 135 Å². The Balaban J connectivity index is 1.16. The number of hydrogen-bond donors (Lipinski definition) is 2. The van der Waals surface area contributed by atoms with Gasteiger partial charge in [-0.1, -0.05) is 66.2 Å². The Morgan fingerprint density at radius 1 is 0.880 bits per heavy atom. The van der Waals surface area contributed by atoms with Gasteiger partial charge in [0, 0.05) is 31.1 Å². The van der Waals surface area contributed by atoms with E-state index in [4.69, 9.17) is 25.8 Å². The van der Waals surface area contributed by atoms with Gasteiger partial charge in [0.25, 0.3) is 17.7 Å². The highest BCUT2D eigenvalue weighted by Gasteiger charge is 2.35. The zero-order valence-electron chi connectivity index (χ0n) is 27.1. The highest BCUT2D eigenvalue weighted by atomic mass is 35.5. The summed E-state index contributed by atoms with van der Waals surface area (Å²) < 4.78 is 16.5. The van der Waals surface area contributed by atoms with Gasteiger partial charge in [-0.05, 0) is 66.4 Å². The van der Waals surface area contributed by atoms with Crippen LogP contribution in [-0.4, -0.2) is 83.7 Å². The maximum atomic E-state index is 13.8. The van der Waals surface area contributed by atoms with E-state index < -0.39 is 29.9 Å². The van der Waals surface area contributed by atoms with E-state index in [0.717, 1.165) is 16.0 Å². The lowest BCUT2D eigenvalue weighted by Crippen LogP contribution is -2.52. The molecule has 12 heteroatoms. The number of imide groups is 1. The maximum Gasteiger partial charge on any atom is 0.261 e. The third-order valence-electron chi connectivity index (χ3n) is 8.57. The lowest BCUT2D eigenvalue weighted by Gasteiger charge is -2.31. The molecule has 2 N–H and O–H groups in total. The molecule has 2 atom stereocenters. The number of aliphatic hydroxyl groups is 1. The minimum Gasteiger partial charge on any atom is -0.484 e. The SMILES string of the molecule is O=C(COc1cccc(Cl)c1)N[C@@H](Cc1ccccc1)[C@@H](O)CN(CCc1ccc2c(c1)OCO2)C(=O)CCN1C(=O)c2ccccc2C1=O. The first kappa shape index (κ1) is 34.5. The van der Waals surface area contributed by atoms with Crippen LogP contribution in [0.4, 0.5) is 0 Å². The number of ether oxygens (including phenoxy) is 3. The van der Waals surface area contributed by atoms with Crippen LogP contribution in [-0.2, 0) is 22.4 Å². The number of hydrogen-bond acceptors (Lipinski definition) is 8. The van der Waals surface area contributed by atoms with Gasteiger partial charge >= 0.3 is 0 Å². The third-order valence-corrected chi connectivity index (χ3v) is 8.81. The van der Waals surface area contributed by atoms with Gasteiger partial charge in [-0.25, -0.2) is 0 Å². The zero-order valence-corrected chi connectivity index (χ0v) is 27.9. The summed E-state index contributed by atoms with van der Waals surface area (Å²) in [7, 11) is 0. The molecule has 0 spiro atoms. The summed E-state index contributed by atoms with van der Waals surface area (Å²) in [4.78, 5) is 55.4. The monoisotopic (exact) mass is 697 g/mol. The summed E-state index contributed by atoms with van der Waals surface area (Å²) in [5.74, 6) is -0.0593. The van der Waals surface area contributed by atoms with Crippen LogP contribution >= 0.6 is 11.6 Å². The first-order chi connectivity index (χ1) is 24.2. The standard InChI is InChI=1S/C38H36ClN3O8/c39-27-9-6-10-28(21-27)48-23-35(44)40-31(19-25-7-2-1-3-8-25)32(43)22-41(17-15-26-13-14-33-34(20-26)50-24-49-33)36(45)16-18-42-37(46)29-11-4-5-12-30(29)38(42)47/h1-14,20-21,31-32,43H,15-19,22-24H2,(H,40,44)/t31-,32-/m0/s1. The van der Waals surface area contributed by atoms with E-state index >= 15 is 0 Å². The molecular formula is C38H36ClN3O8. The van der Waals surface area contributed by atoms with Gasteiger partial charge in [0.2, 0.25) is 12.7 Å². The van der Waals surface area contributed by atoms with Crippen molar-refractivity contribution in [3.63, 3.8) is 0 Å². The number of nitrogens with one attached hydrogen (secondary N) is 1. The molecule has 0 saturated carbocycles. The van der Waals surface area contributed by atoms with Crippen molar-refractivity contribution < 1.29 is 38.5 Å². The largest absolute Gasteiger partial charge is 0.484 e. The fourth-order valence-corrected chi connectivity index (χ4v) is 6.12. The van der Waals surface area contributed by atoms with E-state index in [9.17, 15) is 24.3 Å². The second-order valence-electron chi connectivity index (χ2n) is 12.0. The Hall–Kier alpha value is -5.39. The van der Waals surface area contributed by atoms with Gasteiger partial charge < -0.3 is 29.5 Å². The number of aliphatic hydroxyl groups excluding tert-OH is 1. The van der Waals surface area contributed by atoms with E-state index in [1.165, 1.54) is 4.90 Å². The van der Waals surface area contributed by atoms with E-state index in [-0.39, 0.29) is 51.8 Å². The van der Waals surface area contributed by atoms with Crippen LogP contribution in [0.25, 0.3) is 0 Å². The first-order valence-corrected chi connectivity index (χ1v) is 16.6. The molecule has 0 saturated heterocycles. The number of nitrogens with zero attached hydrogens (tertiary/aromatic N) is 2. The predicted octanol–water partition coefficient (Wildman–Crippen LogP) is 4.29. The second kappa shape index (κ2) is 15.9. The minimum absolute atomic E-state index is 0.118. The van der Waals surface area contributed by atoms with Gasteiger partial charge in [-0.15, -0.1) is 0 Å². The Labute approximate surface area is 294 Å². The molecule has 50 heavy (non-hydrogen) atoms. The average Bonchev–Trinajstić information content (AvgIpc) is 3.69. The maximum absolute atomic E-state index is 13.8. The molecule has 0 aliphatic carbocycles. The minimum atomic E-state index is -1.19. The van der Waals surface area contributed by atoms with Crippen molar-refractivity contribution in [1.29, 1.82) is 0 Å². The Morgan fingerprint density at radius 2 is 1.60 bits per heavy atom. The fraction of sp³-hybridized carbons (Fsp3) is 0.263. The summed E-state index contributed by atoms with van der Waals surface area (Å²) in [6.07, 6.45) is -0.636. The van der Waals surface area contributed by atoms with Crippen molar-refractivity contribution in [3.05, 3.63) is 124 Å². The van der Waals surface area contributed by atoms with Crippen molar-refractivity contribution in [2.45, 2.75) is 31.4 Å². The van der Waals surface area contributed by atoms with Gasteiger partial charge in [-0.3, -0.25) is 24.1 Å².